The molecule has 1 heterocycles. The Hall–Kier alpha value is -2.74. The maximum Gasteiger partial charge on any atom is 0.304 e. The van der Waals surface area contributed by atoms with E-state index in [0.29, 0.717) is 18.9 Å². The van der Waals surface area contributed by atoms with Crippen LogP contribution in [-0.2, 0) is 14.8 Å². The number of nitrogens with one attached hydrogen (secondary N) is 4. The number of carbonyl (C=O) groups excluding carboxylic acids is 1. The molecule has 6 N–H and O–H groups in total. The molecule has 0 saturated carbocycles. The Morgan fingerprint density at radius 2 is 1.97 bits per heavy atom. The highest BCUT2D eigenvalue weighted by atomic mass is 32.2. The maximum absolute atomic E-state index is 12.3. The summed E-state index contributed by atoms with van der Waals surface area (Å²) in [6, 6.07) is 5.98. The van der Waals surface area contributed by atoms with Gasteiger partial charge in [0, 0.05) is 25.2 Å². The van der Waals surface area contributed by atoms with Crippen LogP contribution in [0.15, 0.2) is 29.3 Å². The van der Waals surface area contributed by atoms with Gasteiger partial charge in [-0.1, -0.05) is 0 Å². The van der Waals surface area contributed by atoms with E-state index < -0.39 is 33.6 Å². The van der Waals surface area contributed by atoms with Gasteiger partial charge in [0.25, 0.3) is 0 Å². The van der Waals surface area contributed by atoms with Crippen molar-refractivity contribution in [2.45, 2.75) is 18.9 Å². The highest BCUT2D eigenvalue weighted by molar-refractivity contribution is 7.89. The fourth-order valence-electron chi connectivity index (χ4n) is 2.55. The Morgan fingerprint density at radius 3 is 2.61 bits per heavy atom. The first-order valence-corrected chi connectivity index (χ1v) is 11.3. The first-order valence-electron chi connectivity index (χ1n) is 9.68. The number of aliphatic imine (C=N–C) groups is 1. The molecule has 1 aliphatic rings. The second kappa shape index (κ2) is 12.2. The van der Waals surface area contributed by atoms with Crippen molar-refractivity contribution in [1.82, 2.24) is 20.9 Å². The number of carboxylic acid groups (broad SMARTS) is 1. The zero-order chi connectivity index (χ0) is 22.7. The molecule has 1 aromatic rings. The van der Waals surface area contributed by atoms with Gasteiger partial charge in [-0.15, -0.1) is 0 Å². The van der Waals surface area contributed by atoms with Crippen molar-refractivity contribution in [2.75, 3.05) is 38.5 Å². The van der Waals surface area contributed by atoms with Crippen LogP contribution in [0.2, 0.25) is 0 Å². The van der Waals surface area contributed by atoms with Crippen molar-refractivity contribution >= 4 is 27.7 Å². The Balaban J connectivity index is 1.75. The van der Waals surface area contributed by atoms with Crippen LogP contribution < -0.4 is 25.6 Å². The summed E-state index contributed by atoms with van der Waals surface area (Å²) < 4.78 is 29.3. The molecule has 1 atom stereocenters. The van der Waals surface area contributed by atoms with E-state index in [1.165, 1.54) is 12.1 Å². The first-order chi connectivity index (χ1) is 14.8. The number of sulfonamides is 1. The summed E-state index contributed by atoms with van der Waals surface area (Å²) in [7, 11) is -4.04. The fraction of sp³-hybridized carbons (Fsp3) is 0.500. The third-order valence-corrected chi connectivity index (χ3v) is 5.28. The summed E-state index contributed by atoms with van der Waals surface area (Å²) in [5.74, 6) is -1.46. The van der Waals surface area contributed by atoms with E-state index in [9.17, 15) is 23.1 Å². The van der Waals surface area contributed by atoms with Gasteiger partial charge >= 0.3 is 5.97 Å². The van der Waals surface area contributed by atoms with Crippen LogP contribution in [-0.4, -0.2) is 81.0 Å². The predicted octanol–water partition coefficient (Wildman–Crippen LogP) is -1.55. The van der Waals surface area contributed by atoms with Crippen molar-refractivity contribution in [3.05, 3.63) is 29.8 Å². The van der Waals surface area contributed by atoms with Crippen molar-refractivity contribution in [3.63, 3.8) is 0 Å². The second-order valence-electron chi connectivity index (χ2n) is 6.64. The number of ether oxygens (including phenoxy) is 1. The van der Waals surface area contributed by atoms with Gasteiger partial charge in [-0.2, -0.15) is 4.83 Å². The monoisotopic (exact) mass is 457 g/mol. The normalized spacial score (nSPS) is 14.8. The summed E-state index contributed by atoms with van der Waals surface area (Å²) in [4.78, 5) is 28.9. The molecule has 0 spiro atoms. The Bertz CT molecular complexity index is 874. The van der Waals surface area contributed by atoms with Crippen molar-refractivity contribution in [2.24, 2.45) is 4.99 Å². The molecule has 0 fully saturated rings. The lowest BCUT2D eigenvalue weighted by molar-refractivity contribution is -0.136. The highest BCUT2D eigenvalue weighted by Crippen LogP contribution is 2.14. The van der Waals surface area contributed by atoms with Gasteiger partial charge in [0.05, 0.1) is 18.7 Å². The zero-order valence-corrected chi connectivity index (χ0v) is 17.7. The van der Waals surface area contributed by atoms with E-state index in [0.717, 1.165) is 25.5 Å². The Kier molecular flexibility index (Phi) is 9.65. The van der Waals surface area contributed by atoms with Gasteiger partial charge in [0.1, 0.15) is 18.5 Å². The third kappa shape index (κ3) is 9.29. The van der Waals surface area contributed by atoms with E-state index >= 15 is 0 Å². The lowest BCUT2D eigenvalue weighted by atomic mass is 10.1. The highest BCUT2D eigenvalue weighted by Gasteiger charge is 2.24. The van der Waals surface area contributed by atoms with E-state index in [1.807, 2.05) is 4.83 Å². The van der Waals surface area contributed by atoms with E-state index in [-0.39, 0.29) is 18.5 Å². The van der Waals surface area contributed by atoms with Crippen molar-refractivity contribution in [3.8, 4) is 5.75 Å². The molecule has 31 heavy (non-hydrogen) atoms. The van der Waals surface area contributed by atoms with Crippen LogP contribution in [0.1, 0.15) is 23.2 Å². The summed E-state index contributed by atoms with van der Waals surface area (Å²) in [6.45, 7) is 2.44. The standard InChI is InChI=1S/C18H27N5O7S/c24-15(12-31(28,29)23-22-9-6-16(25)26)17(27)13-2-4-14(5-3-13)30-11-10-21-18-19-7-1-8-20-18/h2-5,15,22-24H,1,6-12H2,(H,25,26)(H2,19,20,21). The minimum Gasteiger partial charge on any atom is -0.492 e. The Labute approximate surface area is 180 Å². The molecular weight excluding hydrogens is 430 g/mol. The number of guanidine groups is 1. The van der Waals surface area contributed by atoms with Gasteiger partial charge < -0.3 is 25.6 Å². The van der Waals surface area contributed by atoms with Crippen LogP contribution in [0.3, 0.4) is 0 Å². The molecule has 0 aliphatic carbocycles. The number of hydrogen-bond donors (Lipinski definition) is 6. The van der Waals surface area contributed by atoms with Gasteiger partial charge in [-0.3, -0.25) is 14.6 Å². The third-order valence-electron chi connectivity index (χ3n) is 4.07. The molecule has 1 aliphatic heterocycles. The zero-order valence-electron chi connectivity index (χ0n) is 16.8. The average Bonchev–Trinajstić information content (AvgIpc) is 2.74. The topological polar surface area (TPSA) is 178 Å². The predicted molar refractivity (Wildman–Crippen MR) is 112 cm³/mol. The van der Waals surface area contributed by atoms with E-state index in [1.54, 1.807) is 12.1 Å². The fourth-order valence-corrected chi connectivity index (χ4v) is 3.53. The van der Waals surface area contributed by atoms with Crippen LogP contribution in [0.25, 0.3) is 0 Å². The summed E-state index contributed by atoms with van der Waals surface area (Å²) in [5.41, 5.74) is 2.35. The SMILES string of the molecule is O=C(O)CCNNS(=O)(=O)CC(O)C(=O)c1ccc(OCCNC2=NCCCN2)cc1. The largest absolute Gasteiger partial charge is 0.492 e. The molecule has 0 amide bonds. The first kappa shape index (κ1) is 24.5. The average molecular weight is 458 g/mol. The quantitative estimate of drug-likeness (QED) is 0.115. The molecule has 0 radical (unpaired) electrons. The minimum atomic E-state index is -4.04. The molecule has 2 rings (SSSR count). The Morgan fingerprint density at radius 1 is 1.23 bits per heavy atom. The summed E-state index contributed by atoms with van der Waals surface area (Å²) >= 11 is 0. The van der Waals surface area contributed by atoms with Gasteiger partial charge in [0.2, 0.25) is 10.0 Å². The lowest BCUT2D eigenvalue weighted by Gasteiger charge is -2.16. The number of benzene rings is 1. The molecule has 0 bridgehead atoms. The number of nitrogens with zero attached hydrogens (tertiary/aromatic N) is 1. The molecule has 0 aromatic heterocycles. The maximum atomic E-state index is 12.3. The van der Waals surface area contributed by atoms with Gasteiger partial charge in [-0.25, -0.2) is 13.8 Å². The minimum absolute atomic E-state index is 0.132. The number of rotatable bonds is 13. The molecule has 1 unspecified atom stereocenters. The number of hydrazine groups is 1. The second-order valence-corrected chi connectivity index (χ2v) is 8.41. The number of Topliss-reactive ketones (excluding diaryl/α,β-unsaturated/α-hetero) is 1. The van der Waals surface area contributed by atoms with E-state index in [2.05, 4.69) is 21.1 Å². The lowest BCUT2D eigenvalue weighted by Crippen LogP contribution is -2.43. The molecule has 172 valence electrons. The van der Waals surface area contributed by atoms with Gasteiger partial charge in [-0.05, 0) is 30.7 Å². The number of hydrogen-bond acceptors (Lipinski definition) is 10. The molecule has 12 nitrogen and oxygen atoms in total. The van der Waals surface area contributed by atoms with Crippen LogP contribution in [0.5, 0.6) is 5.75 Å². The number of ketones is 1. The van der Waals surface area contributed by atoms with Crippen LogP contribution in [0.4, 0.5) is 0 Å². The molecule has 1 aromatic carbocycles. The molecule has 13 heteroatoms. The van der Waals surface area contributed by atoms with Crippen molar-refractivity contribution in [1.29, 1.82) is 0 Å². The number of aliphatic hydroxyl groups excluding tert-OH is 1. The number of carboxylic acids is 1. The molecular formula is C18H27N5O7S. The number of aliphatic hydroxyl groups is 1. The van der Waals surface area contributed by atoms with Crippen molar-refractivity contribution < 1.29 is 33.0 Å². The summed E-state index contributed by atoms with van der Waals surface area (Å²) in [6.07, 6.45) is -1.06. The smallest absolute Gasteiger partial charge is 0.304 e. The summed E-state index contributed by atoms with van der Waals surface area (Å²) in [5, 5.41) is 24.7. The van der Waals surface area contributed by atoms with Gasteiger partial charge in [0.15, 0.2) is 11.7 Å². The van der Waals surface area contributed by atoms with Crippen LogP contribution >= 0.6 is 0 Å². The van der Waals surface area contributed by atoms with Crippen LogP contribution in [0, 0.1) is 0 Å². The number of carbonyl (C=O) groups is 2. The number of aliphatic carboxylic acids is 1. The molecule has 0 saturated heterocycles. The van der Waals surface area contributed by atoms with E-state index in [4.69, 9.17) is 9.84 Å².